The fraction of sp³-hybridized carbons (Fsp3) is 0.125. The maximum atomic E-state index is 11.7. The molecule has 1 N–H and O–H groups in total. The van der Waals surface area contributed by atoms with Gasteiger partial charge in [0, 0.05) is 23.2 Å². The van der Waals surface area contributed by atoms with Gasteiger partial charge in [-0.3, -0.25) is 0 Å². The quantitative estimate of drug-likeness (QED) is 0.417. The molecule has 0 saturated carbocycles. The van der Waals surface area contributed by atoms with Gasteiger partial charge in [0.25, 0.3) is 0 Å². The molecule has 2 aromatic heterocycles. The van der Waals surface area contributed by atoms with Crippen molar-refractivity contribution in [2.45, 2.75) is 13.1 Å². The minimum atomic E-state index is -0.945. The van der Waals surface area contributed by atoms with Gasteiger partial charge in [-0.25, -0.2) is 14.8 Å². The number of benzene rings is 2. The van der Waals surface area contributed by atoms with Crippen molar-refractivity contribution in [1.82, 2.24) is 9.97 Å². The molecule has 31 heavy (non-hydrogen) atoms. The van der Waals surface area contributed by atoms with Gasteiger partial charge in [-0.1, -0.05) is 24.3 Å². The Morgan fingerprint density at radius 3 is 2.55 bits per heavy atom. The van der Waals surface area contributed by atoms with E-state index >= 15 is 0 Å². The van der Waals surface area contributed by atoms with E-state index in [1.54, 1.807) is 36.8 Å². The van der Waals surface area contributed by atoms with Crippen LogP contribution in [0.15, 0.2) is 78.3 Å². The molecule has 6 nitrogen and oxygen atoms in total. The van der Waals surface area contributed by atoms with Gasteiger partial charge in [0.15, 0.2) is 0 Å². The van der Waals surface area contributed by atoms with E-state index < -0.39 is 5.97 Å². The van der Waals surface area contributed by atoms with Gasteiger partial charge in [0.2, 0.25) is 5.95 Å². The Kier molecular flexibility index (Phi) is 6.24. The number of anilines is 1. The monoisotopic (exact) mass is 431 g/mol. The summed E-state index contributed by atoms with van der Waals surface area (Å²) in [7, 11) is 1.63. The van der Waals surface area contributed by atoms with Crippen LogP contribution in [0.4, 0.5) is 5.95 Å². The highest BCUT2D eigenvalue weighted by Crippen LogP contribution is 2.25. The lowest BCUT2D eigenvalue weighted by atomic mass is 10.1. The summed E-state index contributed by atoms with van der Waals surface area (Å²) in [5, 5.41) is 11.6. The lowest BCUT2D eigenvalue weighted by Gasteiger charge is -2.23. The van der Waals surface area contributed by atoms with Crippen LogP contribution in [0.5, 0.6) is 5.75 Å². The molecule has 0 spiro atoms. The van der Waals surface area contributed by atoms with E-state index in [1.807, 2.05) is 64.9 Å². The normalized spacial score (nSPS) is 10.6. The van der Waals surface area contributed by atoms with Crippen LogP contribution in [0.25, 0.3) is 11.3 Å². The second-order valence-electron chi connectivity index (χ2n) is 6.87. The van der Waals surface area contributed by atoms with Gasteiger partial charge in [0.1, 0.15) is 5.75 Å². The van der Waals surface area contributed by atoms with Gasteiger partial charge >= 0.3 is 5.97 Å². The molecule has 156 valence electrons. The zero-order valence-electron chi connectivity index (χ0n) is 16.9. The summed E-state index contributed by atoms with van der Waals surface area (Å²) in [6.07, 6.45) is 1.73. The zero-order valence-corrected chi connectivity index (χ0v) is 17.7. The second-order valence-corrected chi connectivity index (χ2v) is 7.90. The molecule has 0 fully saturated rings. The molecule has 0 amide bonds. The van der Waals surface area contributed by atoms with Crippen molar-refractivity contribution in [2.75, 3.05) is 12.0 Å². The van der Waals surface area contributed by atoms with Crippen LogP contribution in [0.3, 0.4) is 0 Å². The van der Waals surface area contributed by atoms with Gasteiger partial charge in [-0.05, 0) is 53.4 Å². The minimum absolute atomic E-state index is 0.282. The summed E-state index contributed by atoms with van der Waals surface area (Å²) in [5.74, 6) is 0.379. The molecule has 2 aromatic carbocycles. The number of thiophene rings is 1. The number of aromatic nitrogens is 2. The highest BCUT2D eigenvalue weighted by molar-refractivity contribution is 7.09. The van der Waals surface area contributed by atoms with Crippen molar-refractivity contribution in [3.05, 3.63) is 94.3 Å². The van der Waals surface area contributed by atoms with Crippen LogP contribution in [0.2, 0.25) is 0 Å². The predicted molar refractivity (Wildman–Crippen MR) is 122 cm³/mol. The number of hydrogen-bond donors (Lipinski definition) is 1. The topological polar surface area (TPSA) is 75.5 Å². The number of ether oxygens (including phenoxy) is 1. The van der Waals surface area contributed by atoms with Crippen molar-refractivity contribution in [1.29, 1.82) is 0 Å². The highest BCUT2D eigenvalue weighted by atomic mass is 32.1. The summed E-state index contributed by atoms with van der Waals surface area (Å²) in [4.78, 5) is 24.1. The second kappa shape index (κ2) is 9.40. The lowest BCUT2D eigenvalue weighted by Crippen LogP contribution is -2.25. The molecule has 4 aromatic rings. The Hall–Kier alpha value is -3.71. The molecule has 0 radical (unpaired) electrons. The maximum Gasteiger partial charge on any atom is 0.336 e. The predicted octanol–water partition coefficient (Wildman–Crippen LogP) is 5.12. The van der Waals surface area contributed by atoms with Crippen molar-refractivity contribution in [2.24, 2.45) is 0 Å². The number of carboxylic acids is 1. The number of carbonyl (C=O) groups is 1. The first-order valence-corrected chi connectivity index (χ1v) is 10.6. The average Bonchev–Trinajstić information content (AvgIpc) is 3.32. The molecule has 4 rings (SSSR count). The molecule has 2 heterocycles. The van der Waals surface area contributed by atoms with Crippen molar-refractivity contribution >= 4 is 23.3 Å². The maximum absolute atomic E-state index is 11.7. The SMILES string of the molecule is COc1ccc(-c2ccnc(N(Cc3cccs3)Cc3ccccc3C(=O)O)n2)cc1. The fourth-order valence-electron chi connectivity index (χ4n) is 3.28. The molecule has 0 unspecified atom stereocenters. The molecule has 0 saturated heterocycles. The minimum Gasteiger partial charge on any atom is -0.497 e. The Bertz CT molecular complexity index is 1160. The van der Waals surface area contributed by atoms with E-state index in [0.717, 1.165) is 21.9 Å². The Morgan fingerprint density at radius 1 is 1.03 bits per heavy atom. The van der Waals surface area contributed by atoms with E-state index in [0.29, 0.717) is 24.6 Å². The first-order chi connectivity index (χ1) is 15.1. The highest BCUT2D eigenvalue weighted by Gasteiger charge is 2.17. The summed E-state index contributed by atoms with van der Waals surface area (Å²) in [6, 6.07) is 20.6. The van der Waals surface area contributed by atoms with Crippen LogP contribution < -0.4 is 9.64 Å². The molecule has 0 bridgehead atoms. The first kappa shape index (κ1) is 20.6. The largest absolute Gasteiger partial charge is 0.497 e. The number of methoxy groups -OCH3 is 1. The van der Waals surface area contributed by atoms with Gasteiger partial charge in [0.05, 0.1) is 24.9 Å². The van der Waals surface area contributed by atoms with E-state index in [9.17, 15) is 9.90 Å². The summed E-state index contributed by atoms with van der Waals surface area (Å²) in [6.45, 7) is 0.962. The van der Waals surface area contributed by atoms with Gasteiger partial charge < -0.3 is 14.7 Å². The molecule has 0 aliphatic heterocycles. The Morgan fingerprint density at radius 2 is 1.84 bits per heavy atom. The first-order valence-electron chi connectivity index (χ1n) is 9.70. The van der Waals surface area contributed by atoms with Gasteiger partial charge in [-0.2, -0.15) is 0 Å². The van der Waals surface area contributed by atoms with Crippen LogP contribution in [-0.2, 0) is 13.1 Å². The summed E-state index contributed by atoms with van der Waals surface area (Å²) >= 11 is 1.64. The molecular weight excluding hydrogens is 410 g/mol. The fourth-order valence-corrected chi connectivity index (χ4v) is 4.00. The third kappa shape index (κ3) is 4.90. The molecule has 0 atom stereocenters. The van der Waals surface area contributed by atoms with Gasteiger partial charge in [-0.15, -0.1) is 11.3 Å². The third-order valence-corrected chi connectivity index (χ3v) is 5.71. The average molecular weight is 432 g/mol. The van der Waals surface area contributed by atoms with E-state index in [2.05, 4.69) is 4.98 Å². The van der Waals surface area contributed by atoms with E-state index in [-0.39, 0.29) is 5.56 Å². The molecule has 7 heteroatoms. The van der Waals surface area contributed by atoms with Crippen LogP contribution in [0, 0.1) is 0 Å². The summed E-state index contributed by atoms with van der Waals surface area (Å²) in [5.41, 5.74) is 2.73. The summed E-state index contributed by atoms with van der Waals surface area (Å²) < 4.78 is 5.23. The standard InChI is InChI=1S/C24H21N3O3S/c1-30-19-10-8-17(9-11-19)22-12-13-25-24(26-22)27(16-20-6-4-14-31-20)15-18-5-2-3-7-21(18)23(28)29/h2-14H,15-16H2,1H3,(H,28,29). The van der Waals surface area contributed by atoms with Crippen molar-refractivity contribution < 1.29 is 14.6 Å². The number of carboxylic acid groups (broad SMARTS) is 1. The number of rotatable bonds is 8. The number of aromatic carboxylic acids is 1. The molecule has 0 aliphatic carbocycles. The Labute approximate surface area is 184 Å². The van der Waals surface area contributed by atoms with Crippen LogP contribution in [0.1, 0.15) is 20.8 Å². The van der Waals surface area contributed by atoms with Crippen LogP contribution in [-0.4, -0.2) is 28.2 Å². The van der Waals surface area contributed by atoms with Crippen molar-refractivity contribution in [3.8, 4) is 17.0 Å². The molecular formula is C24H21N3O3S. The van der Waals surface area contributed by atoms with E-state index in [1.165, 1.54) is 0 Å². The van der Waals surface area contributed by atoms with Crippen molar-refractivity contribution in [3.63, 3.8) is 0 Å². The molecule has 0 aliphatic rings. The number of nitrogens with zero attached hydrogens (tertiary/aromatic N) is 3. The van der Waals surface area contributed by atoms with Crippen LogP contribution >= 0.6 is 11.3 Å². The smallest absolute Gasteiger partial charge is 0.336 e. The third-order valence-electron chi connectivity index (χ3n) is 4.85. The lowest BCUT2D eigenvalue weighted by molar-refractivity contribution is 0.0695. The zero-order chi connectivity index (χ0) is 21.6. The van der Waals surface area contributed by atoms with E-state index in [4.69, 9.17) is 9.72 Å². The Balaban J connectivity index is 1.69. The number of hydrogen-bond acceptors (Lipinski definition) is 6.